The Kier molecular flexibility index (Phi) is 3.65. The number of carbonyl (C=O) groups is 1. The van der Waals surface area contributed by atoms with Crippen molar-refractivity contribution in [2.24, 2.45) is 0 Å². The molecule has 0 saturated carbocycles. The van der Waals surface area contributed by atoms with Crippen LogP contribution < -0.4 is 4.90 Å². The molecule has 1 aromatic rings. The van der Waals surface area contributed by atoms with E-state index in [2.05, 4.69) is 18.7 Å². The molecule has 23 heavy (non-hydrogen) atoms. The zero-order valence-electron chi connectivity index (χ0n) is 13.5. The molecule has 3 aliphatic rings. The van der Waals surface area contributed by atoms with Gasteiger partial charge in [-0.2, -0.15) is 0 Å². The fourth-order valence-corrected chi connectivity index (χ4v) is 3.82. The molecule has 1 amide bonds. The van der Waals surface area contributed by atoms with Gasteiger partial charge in [-0.05, 0) is 19.9 Å². The molecule has 0 radical (unpaired) electrons. The number of fused-ring (bicyclic) bond motifs is 2. The van der Waals surface area contributed by atoms with Crippen molar-refractivity contribution in [2.45, 2.75) is 31.8 Å². The Morgan fingerprint density at radius 2 is 1.78 bits per heavy atom. The number of benzene rings is 1. The van der Waals surface area contributed by atoms with Crippen LogP contribution >= 0.6 is 0 Å². The van der Waals surface area contributed by atoms with E-state index in [9.17, 15) is 4.79 Å². The summed E-state index contributed by atoms with van der Waals surface area (Å²) >= 11 is 0. The molecule has 2 atom stereocenters. The van der Waals surface area contributed by atoms with Crippen molar-refractivity contribution in [2.75, 3.05) is 37.9 Å². The summed E-state index contributed by atoms with van der Waals surface area (Å²) in [5, 5.41) is 0. The molecule has 0 aromatic heterocycles. The predicted octanol–water partition coefficient (Wildman–Crippen LogP) is 1.30. The second-order valence-electron chi connectivity index (χ2n) is 6.50. The number of para-hydroxylation sites is 1. The molecular weight excluding hydrogens is 296 g/mol. The van der Waals surface area contributed by atoms with Gasteiger partial charge in [-0.1, -0.05) is 18.2 Å². The summed E-state index contributed by atoms with van der Waals surface area (Å²) < 4.78 is 17.3. The van der Waals surface area contributed by atoms with Crippen molar-refractivity contribution in [1.29, 1.82) is 0 Å². The normalized spacial score (nSPS) is 30.2. The number of hydrogen-bond acceptors (Lipinski definition) is 5. The highest BCUT2D eigenvalue weighted by Gasteiger charge is 2.56. The lowest BCUT2D eigenvalue weighted by atomic mass is 10.1. The van der Waals surface area contributed by atoms with E-state index in [1.165, 1.54) is 0 Å². The molecule has 124 valence electrons. The van der Waals surface area contributed by atoms with Crippen LogP contribution in [0.15, 0.2) is 24.3 Å². The third-order valence-corrected chi connectivity index (χ3v) is 4.61. The van der Waals surface area contributed by atoms with E-state index >= 15 is 0 Å². The van der Waals surface area contributed by atoms with E-state index in [-0.39, 0.29) is 18.1 Å². The first-order chi connectivity index (χ1) is 11.1. The zero-order valence-corrected chi connectivity index (χ0v) is 13.5. The van der Waals surface area contributed by atoms with Gasteiger partial charge in [0.05, 0.1) is 37.8 Å². The number of ether oxygens (including phenoxy) is 3. The van der Waals surface area contributed by atoms with E-state index in [0.29, 0.717) is 19.9 Å². The fourth-order valence-electron chi connectivity index (χ4n) is 3.82. The topological polar surface area (TPSA) is 51.2 Å². The number of carbonyl (C=O) groups excluding carboxylic acids is 1. The molecule has 2 fully saturated rings. The van der Waals surface area contributed by atoms with Crippen molar-refractivity contribution in [3.63, 3.8) is 0 Å². The average molecular weight is 318 g/mol. The van der Waals surface area contributed by atoms with Gasteiger partial charge < -0.3 is 14.2 Å². The van der Waals surface area contributed by atoms with Crippen LogP contribution in [0.25, 0.3) is 0 Å². The first-order valence-corrected chi connectivity index (χ1v) is 8.17. The van der Waals surface area contributed by atoms with Crippen molar-refractivity contribution >= 4 is 11.6 Å². The van der Waals surface area contributed by atoms with E-state index in [1.807, 2.05) is 24.3 Å². The van der Waals surface area contributed by atoms with Gasteiger partial charge >= 0.3 is 0 Å². The first kappa shape index (κ1) is 15.1. The lowest BCUT2D eigenvalue weighted by Gasteiger charge is -2.37. The largest absolute Gasteiger partial charge is 0.373 e. The summed E-state index contributed by atoms with van der Waals surface area (Å²) in [6.07, 6.45) is 0.333. The lowest BCUT2D eigenvalue weighted by molar-refractivity contribution is -0.181. The minimum atomic E-state index is -1.24. The van der Waals surface area contributed by atoms with Crippen LogP contribution in [-0.4, -0.2) is 56.0 Å². The Labute approximate surface area is 135 Å². The molecule has 3 heterocycles. The van der Waals surface area contributed by atoms with E-state index in [0.717, 1.165) is 24.3 Å². The molecule has 0 unspecified atom stereocenters. The molecule has 6 nitrogen and oxygen atoms in total. The Bertz CT molecular complexity index is 604. The van der Waals surface area contributed by atoms with Crippen molar-refractivity contribution in [3.8, 4) is 0 Å². The molecule has 3 aliphatic heterocycles. The molecule has 2 saturated heterocycles. The molecule has 1 aromatic carbocycles. The van der Waals surface area contributed by atoms with Gasteiger partial charge in [0.15, 0.2) is 0 Å². The Balaban J connectivity index is 1.63. The summed E-state index contributed by atoms with van der Waals surface area (Å²) in [6, 6.07) is 7.74. The number of anilines is 1. The first-order valence-electron chi connectivity index (χ1n) is 8.17. The molecule has 0 bridgehead atoms. The molecule has 0 aliphatic carbocycles. The van der Waals surface area contributed by atoms with Crippen molar-refractivity contribution in [1.82, 2.24) is 4.90 Å². The van der Waals surface area contributed by atoms with Crippen LogP contribution in [0.3, 0.4) is 0 Å². The third-order valence-electron chi connectivity index (χ3n) is 4.61. The SMILES string of the molecule is C[C@@H]1CN(CN2C(=O)C3(OCCO3)c3ccccc32)C[C@@H](C)O1. The molecule has 6 heteroatoms. The maximum absolute atomic E-state index is 13.0. The predicted molar refractivity (Wildman–Crippen MR) is 84.0 cm³/mol. The highest BCUT2D eigenvalue weighted by Crippen LogP contribution is 2.45. The summed E-state index contributed by atoms with van der Waals surface area (Å²) in [7, 11) is 0. The van der Waals surface area contributed by atoms with Gasteiger partial charge in [-0.15, -0.1) is 0 Å². The average Bonchev–Trinajstić information content (AvgIpc) is 3.09. The number of rotatable bonds is 2. The van der Waals surface area contributed by atoms with Crippen molar-refractivity contribution in [3.05, 3.63) is 29.8 Å². The van der Waals surface area contributed by atoms with Crippen LogP contribution in [0.4, 0.5) is 5.69 Å². The van der Waals surface area contributed by atoms with Gasteiger partial charge in [0.2, 0.25) is 0 Å². The molecule has 1 spiro atoms. The minimum Gasteiger partial charge on any atom is -0.373 e. The number of amides is 1. The zero-order chi connectivity index (χ0) is 16.0. The van der Waals surface area contributed by atoms with Crippen LogP contribution in [0.1, 0.15) is 19.4 Å². The highest BCUT2D eigenvalue weighted by molar-refractivity contribution is 6.06. The maximum atomic E-state index is 13.0. The van der Waals surface area contributed by atoms with E-state index in [4.69, 9.17) is 14.2 Å². The van der Waals surface area contributed by atoms with E-state index < -0.39 is 5.79 Å². The van der Waals surface area contributed by atoms with Crippen LogP contribution in [-0.2, 0) is 24.8 Å². The minimum absolute atomic E-state index is 0.122. The van der Waals surface area contributed by atoms with Crippen LogP contribution in [0.5, 0.6) is 0 Å². The van der Waals surface area contributed by atoms with E-state index in [1.54, 1.807) is 4.90 Å². The summed E-state index contributed by atoms with van der Waals surface area (Å²) in [4.78, 5) is 17.1. The molecule has 0 N–H and O–H groups in total. The number of nitrogens with zero attached hydrogens (tertiary/aromatic N) is 2. The van der Waals surface area contributed by atoms with Gasteiger partial charge in [0.25, 0.3) is 11.7 Å². The van der Waals surface area contributed by atoms with Gasteiger partial charge in [-0.3, -0.25) is 14.6 Å². The Morgan fingerprint density at radius 1 is 1.13 bits per heavy atom. The lowest BCUT2D eigenvalue weighted by Crippen LogP contribution is -2.52. The maximum Gasteiger partial charge on any atom is 0.293 e. The number of hydrogen-bond donors (Lipinski definition) is 0. The van der Waals surface area contributed by atoms with Gasteiger partial charge in [0.1, 0.15) is 0 Å². The standard InChI is InChI=1S/C17H22N2O4/c1-12-9-18(10-13(2)23-12)11-19-15-6-4-3-5-14(15)17(16(19)20)21-7-8-22-17/h3-6,12-13H,7-11H2,1-2H3/t12-,13-/m1/s1. The third kappa shape index (κ3) is 2.37. The summed E-state index contributed by atoms with van der Waals surface area (Å²) in [5.41, 5.74) is 1.70. The fraction of sp³-hybridized carbons (Fsp3) is 0.588. The Hall–Kier alpha value is -1.47. The van der Waals surface area contributed by atoms with Crippen LogP contribution in [0, 0.1) is 0 Å². The second-order valence-corrected chi connectivity index (χ2v) is 6.50. The highest BCUT2D eigenvalue weighted by atomic mass is 16.7. The van der Waals surface area contributed by atoms with Gasteiger partial charge in [0, 0.05) is 18.7 Å². The quantitative estimate of drug-likeness (QED) is 0.823. The molecule has 4 rings (SSSR count). The monoisotopic (exact) mass is 318 g/mol. The van der Waals surface area contributed by atoms with Crippen LogP contribution in [0.2, 0.25) is 0 Å². The molecular formula is C17H22N2O4. The second kappa shape index (κ2) is 5.56. The number of morpholine rings is 1. The Morgan fingerprint density at radius 3 is 2.48 bits per heavy atom. The van der Waals surface area contributed by atoms with Gasteiger partial charge in [-0.25, -0.2) is 0 Å². The van der Waals surface area contributed by atoms with Crippen molar-refractivity contribution < 1.29 is 19.0 Å². The summed E-state index contributed by atoms with van der Waals surface area (Å²) in [6.45, 7) is 7.16. The summed E-state index contributed by atoms with van der Waals surface area (Å²) in [5.74, 6) is -1.36. The smallest absolute Gasteiger partial charge is 0.293 e.